The van der Waals surface area contributed by atoms with Crippen LogP contribution in [0.3, 0.4) is 0 Å². The lowest BCUT2D eigenvalue weighted by Gasteiger charge is -2.07. The smallest absolute Gasteiger partial charge is 0.439 e. The molecule has 0 aliphatic heterocycles. The van der Waals surface area contributed by atoms with Crippen molar-refractivity contribution in [3.63, 3.8) is 0 Å². The number of carbonyl (C=O) groups is 2. The van der Waals surface area contributed by atoms with Gasteiger partial charge in [0.2, 0.25) is 5.91 Å². The topological polar surface area (TPSA) is 130 Å². The van der Waals surface area contributed by atoms with E-state index in [2.05, 4.69) is 41.2 Å². The number of anilines is 1. The lowest BCUT2D eigenvalue weighted by Crippen LogP contribution is -2.32. The lowest BCUT2D eigenvalue weighted by atomic mass is 10.2. The van der Waals surface area contributed by atoms with Gasteiger partial charge in [-0.2, -0.15) is 0 Å². The Morgan fingerprint density at radius 3 is 2.76 bits per heavy atom. The molecule has 128 valence electrons. The van der Waals surface area contributed by atoms with Gasteiger partial charge in [0, 0.05) is 11.3 Å². The highest BCUT2D eigenvalue weighted by molar-refractivity contribution is 9.10. The molecule has 0 saturated carbocycles. The van der Waals surface area contributed by atoms with Crippen LogP contribution in [-0.2, 0) is 4.79 Å². The Balaban J connectivity index is 1.59. The van der Waals surface area contributed by atoms with Crippen molar-refractivity contribution in [1.29, 1.82) is 0 Å². The van der Waals surface area contributed by atoms with E-state index in [1.165, 1.54) is 6.07 Å². The van der Waals surface area contributed by atoms with E-state index >= 15 is 0 Å². The van der Waals surface area contributed by atoms with Crippen molar-refractivity contribution in [3.8, 4) is 11.4 Å². The Labute approximate surface area is 148 Å². The maximum Gasteiger partial charge on any atom is 0.439 e. The lowest BCUT2D eigenvalue weighted by molar-refractivity contribution is -0.115. The molecular weight excluding hydrogens is 396 g/mol. The number of nitrogens with zero attached hydrogens (tertiary/aromatic N) is 1. The molecule has 2 aromatic heterocycles. The second-order valence-corrected chi connectivity index (χ2v) is 5.64. The third-order valence-electron chi connectivity index (χ3n) is 3.07. The molecule has 3 rings (SSSR count). The minimum atomic E-state index is -0.670. The summed E-state index contributed by atoms with van der Waals surface area (Å²) in [5.74, 6) is -1.26. The number of aromatic nitrogens is 2. The zero-order valence-corrected chi connectivity index (χ0v) is 14.1. The van der Waals surface area contributed by atoms with Crippen LogP contribution in [0.5, 0.6) is 0 Å². The molecular formula is C15H11BrN4O5. The summed E-state index contributed by atoms with van der Waals surface area (Å²) in [6, 6.07) is 9.70. The molecule has 0 fully saturated rings. The predicted octanol–water partition coefficient (Wildman–Crippen LogP) is 1.75. The van der Waals surface area contributed by atoms with Crippen LogP contribution in [-0.4, -0.2) is 28.5 Å². The quantitative estimate of drug-likeness (QED) is 0.591. The molecule has 0 unspecified atom stereocenters. The van der Waals surface area contributed by atoms with E-state index in [0.717, 1.165) is 0 Å². The molecule has 2 amide bonds. The maximum absolute atomic E-state index is 11.9. The average molecular weight is 407 g/mol. The number of nitrogens with one attached hydrogen (secondary N) is 3. The van der Waals surface area contributed by atoms with Crippen LogP contribution < -0.4 is 16.4 Å². The Morgan fingerprint density at radius 1 is 1.24 bits per heavy atom. The first-order chi connectivity index (χ1) is 12.0. The van der Waals surface area contributed by atoms with Crippen LogP contribution in [0.1, 0.15) is 10.6 Å². The molecule has 1 aromatic carbocycles. The minimum absolute atomic E-state index is 0.0941. The van der Waals surface area contributed by atoms with Crippen molar-refractivity contribution < 1.29 is 18.5 Å². The van der Waals surface area contributed by atoms with Gasteiger partial charge in [-0.05, 0) is 40.2 Å². The van der Waals surface area contributed by atoms with Crippen LogP contribution in [0.2, 0.25) is 0 Å². The van der Waals surface area contributed by atoms with E-state index in [0.29, 0.717) is 15.9 Å². The van der Waals surface area contributed by atoms with Gasteiger partial charge in [0.05, 0.1) is 6.54 Å². The molecule has 0 atom stereocenters. The highest BCUT2D eigenvalue weighted by Crippen LogP contribution is 2.18. The first-order valence-corrected chi connectivity index (χ1v) is 7.80. The Hall–Kier alpha value is -3.14. The van der Waals surface area contributed by atoms with Crippen LogP contribution in [0.4, 0.5) is 5.69 Å². The van der Waals surface area contributed by atoms with Gasteiger partial charge in [-0.3, -0.25) is 19.1 Å². The van der Waals surface area contributed by atoms with Gasteiger partial charge >= 0.3 is 5.76 Å². The van der Waals surface area contributed by atoms with Crippen molar-refractivity contribution in [2.45, 2.75) is 0 Å². The number of furan rings is 1. The first-order valence-electron chi connectivity index (χ1n) is 7.01. The molecule has 0 saturated heterocycles. The van der Waals surface area contributed by atoms with Crippen molar-refractivity contribution in [2.75, 3.05) is 11.9 Å². The van der Waals surface area contributed by atoms with Gasteiger partial charge in [0.25, 0.3) is 5.91 Å². The maximum atomic E-state index is 11.9. The second-order valence-electron chi connectivity index (χ2n) is 4.86. The van der Waals surface area contributed by atoms with Gasteiger partial charge in [-0.15, -0.1) is 0 Å². The number of H-pyrrole nitrogens is 1. The molecule has 0 bridgehead atoms. The highest BCUT2D eigenvalue weighted by atomic mass is 79.9. The van der Waals surface area contributed by atoms with Gasteiger partial charge in [0.1, 0.15) is 0 Å². The average Bonchev–Trinajstić information content (AvgIpc) is 3.21. The van der Waals surface area contributed by atoms with Gasteiger partial charge < -0.3 is 15.1 Å². The number of amides is 2. The molecule has 0 aliphatic carbocycles. The van der Waals surface area contributed by atoms with Crippen LogP contribution in [0.25, 0.3) is 11.4 Å². The summed E-state index contributed by atoms with van der Waals surface area (Å²) in [5.41, 5.74) is 1.04. The number of carbonyl (C=O) groups excluding carboxylic acids is 2. The SMILES string of the molecule is O=C(CNC(=O)c1ccc(Br)o1)Nc1cccc(-c2noc(=O)[nH]2)c1. The number of benzene rings is 1. The summed E-state index contributed by atoms with van der Waals surface area (Å²) in [5, 5.41) is 8.64. The molecule has 3 N–H and O–H groups in total. The largest absolute Gasteiger partial charge is 0.444 e. The zero-order valence-electron chi connectivity index (χ0n) is 12.5. The van der Waals surface area contributed by atoms with Crippen LogP contribution in [0, 0.1) is 0 Å². The Kier molecular flexibility index (Phi) is 4.80. The molecule has 2 heterocycles. The molecule has 9 nitrogen and oxygen atoms in total. The van der Waals surface area contributed by atoms with E-state index in [9.17, 15) is 14.4 Å². The molecule has 0 aliphatic rings. The molecule has 0 spiro atoms. The van der Waals surface area contributed by atoms with Crippen molar-refractivity contribution in [2.24, 2.45) is 0 Å². The normalized spacial score (nSPS) is 10.4. The minimum Gasteiger partial charge on any atom is -0.444 e. The van der Waals surface area contributed by atoms with E-state index in [-0.39, 0.29) is 18.1 Å². The first kappa shape index (κ1) is 16.7. The van der Waals surface area contributed by atoms with Crippen molar-refractivity contribution in [3.05, 3.63) is 57.4 Å². The van der Waals surface area contributed by atoms with E-state index < -0.39 is 17.6 Å². The number of aromatic amines is 1. The van der Waals surface area contributed by atoms with E-state index in [1.807, 2.05) is 0 Å². The van der Waals surface area contributed by atoms with E-state index in [4.69, 9.17) is 4.42 Å². The molecule has 3 aromatic rings. The summed E-state index contributed by atoms with van der Waals surface area (Å²) in [7, 11) is 0. The summed E-state index contributed by atoms with van der Waals surface area (Å²) >= 11 is 3.09. The molecule has 0 radical (unpaired) electrons. The van der Waals surface area contributed by atoms with Crippen molar-refractivity contribution in [1.82, 2.24) is 15.5 Å². The third kappa shape index (κ3) is 4.23. The summed E-state index contributed by atoms with van der Waals surface area (Å²) in [6.07, 6.45) is 0. The highest BCUT2D eigenvalue weighted by Gasteiger charge is 2.12. The zero-order chi connectivity index (χ0) is 17.8. The fourth-order valence-electron chi connectivity index (χ4n) is 1.99. The summed E-state index contributed by atoms with van der Waals surface area (Å²) < 4.78 is 9.95. The summed E-state index contributed by atoms with van der Waals surface area (Å²) in [6.45, 7) is -0.234. The number of rotatable bonds is 5. The fourth-order valence-corrected chi connectivity index (χ4v) is 2.29. The van der Waals surface area contributed by atoms with Gasteiger partial charge in [-0.25, -0.2) is 4.79 Å². The number of hydrogen-bond acceptors (Lipinski definition) is 6. The van der Waals surface area contributed by atoms with Gasteiger partial charge in [0.15, 0.2) is 16.3 Å². The van der Waals surface area contributed by atoms with E-state index in [1.54, 1.807) is 30.3 Å². The standard InChI is InChI=1S/C15H11BrN4O5/c16-11-5-4-10(24-11)14(22)17-7-12(21)18-9-3-1-2-8(6-9)13-19-15(23)25-20-13/h1-6H,7H2,(H,17,22)(H,18,21)(H,19,20,23). The monoisotopic (exact) mass is 406 g/mol. The fraction of sp³-hybridized carbons (Fsp3) is 0.0667. The van der Waals surface area contributed by atoms with Crippen LogP contribution >= 0.6 is 15.9 Å². The van der Waals surface area contributed by atoms with Gasteiger partial charge in [-0.1, -0.05) is 17.3 Å². The Morgan fingerprint density at radius 2 is 2.08 bits per heavy atom. The van der Waals surface area contributed by atoms with Crippen molar-refractivity contribution >= 4 is 33.4 Å². The molecule has 25 heavy (non-hydrogen) atoms. The summed E-state index contributed by atoms with van der Waals surface area (Å²) in [4.78, 5) is 37.2. The number of hydrogen-bond donors (Lipinski definition) is 3. The molecule has 10 heteroatoms. The Bertz CT molecular complexity index is 974. The van der Waals surface area contributed by atoms with Crippen LogP contribution in [0.15, 0.2) is 54.8 Å². The second kappa shape index (κ2) is 7.18. The predicted molar refractivity (Wildman–Crippen MR) is 89.9 cm³/mol. The third-order valence-corrected chi connectivity index (χ3v) is 3.49. The number of halogens is 1.